The van der Waals surface area contributed by atoms with Crippen LogP contribution in [-0.4, -0.2) is 48.3 Å². The number of halogens is 1. The molecule has 1 fully saturated rings. The molecule has 1 aromatic rings. The Bertz CT molecular complexity index is 480. The summed E-state index contributed by atoms with van der Waals surface area (Å²) in [6.45, 7) is 3.48. The molecule has 1 aliphatic heterocycles. The van der Waals surface area contributed by atoms with Crippen LogP contribution in [0.25, 0.3) is 0 Å². The van der Waals surface area contributed by atoms with Gasteiger partial charge in [-0.1, -0.05) is 12.1 Å². The molecule has 1 saturated heterocycles. The summed E-state index contributed by atoms with van der Waals surface area (Å²) in [6, 6.07) is 6.39. The van der Waals surface area contributed by atoms with Gasteiger partial charge in [-0.3, -0.25) is 4.79 Å². The second-order valence-electron chi connectivity index (χ2n) is 5.43. The molecule has 0 aromatic heterocycles. The number of ether oxygens (including phenoxy) is 1. The van der Waals surface area contributed by atoms with Crippen LogP contribution in [0.3, 0.4) is 0 Å². The van der Waals surface area contributed by atoms with Crippen molar-refractivity contribution in [2.75, 3.05) is 26.3 Å². The molecule has 0 aliphatic carbocycles. The van der Waals surface area contributed by atoms with Gasteiger partial charge in [0.1, 0.15) is 12.4 Å². The second kappa shape index (κ2) is 7.52. The summed E-state index contributed by atoms with van der Waals surface area (Å²) in [4.78, 5) is 13.7. The van der Waals surface area contributed by atoms with Crippen LogP contribution in [0.15, 0.2) is 24.3 Å². The predicted molar refractivity (Wildman–Crippen MR) is 77.3 cm³/mol. The van der Waals surface area contributed by atoms with Crippen molar-refractivity contribution in [1.29, 1.82) is 0 Å². The van der Waals surface area contributed by atoms with Gasteiger partial charge in [0.2, 0.25) is 5.91 Å². The summed E-state index contributed by atoms with van der Waals surface area (Å²) in [6.07, 6.45) is 0.666. The number of carbonyl (C=O) groups is 1. The van der Waals surface area contributed by atoms with Crippen molar-refractivity contribution in [3.8, 4) is 0 Å². The van der Waals surface area contributed by atoms with Gasteiger partial charge in [0.15, 0.2) is 0 Å². The first-order valence-electron chi connectivity index (χ1n) is 7.38. The standard InChI is InChI=1S/C16H22FNO3/c1-2-21-11-16(20)18-7-6-15(19)13(10-18)8-12-4-3-5-14(17)9-12/h3-5,9,13,15,19H,2,6-8,10-11H2,1H3/t13-,15-/m1/s1. The number of aliphatic hydroxyl groups is 1. The normalized spacial score (nSPS) is 22.3. The molecule has 21 heavy (non-hydrogen) atoms. The quantitative estimate of drug-likeness (QED) is 0.898. The summed E-state index contributed by atoms with van der Waals surface area (Å²) < 4.78 is 18.4. The minimum atomic E-state index is -0.454. The van der Waals surface area contributed by atoms with Gasteiger partial charge in [0.05, 0.1) is 6.10 Å². The van der Waals surface area contributed by atoms with Crippen LogP contribution in [0.5, 0.6) is 0 Å². The van der Waals surface area contributed by atoms with Crippen molar-refractivity contribution >= 4 is 5.91 Å². The maximum Gasteiger partial charge on any atom is 0.248 e. The molecular weight excluding hydrogens is 273 g/mol. The summed E-state index contributed by atoms with van der Waals surface area (Å²) in [5.41, 5.74) is 0.846. The number of carbonyl (C=O) groups excluding carboxylic acids is 1. The number of piperidine rings is 1. The van der Waals surface area contributed by atoms with Crippen LogP contribution in [0.2, 0.25) is 0 Å². The van der Waals surface area contributed by atoms with Crippen LogP contribution in [0.4, 0.5) is 4.39 Å². The Labute approximate surface area is 124 Å². The minimum Gasteiger partial charge on any atom is -0.393 e. The van der Waals surface area contributed by atoms with E-state index in [-0.39, 0.29) is 24.2 Å². The van der Waals surface area contributed by atoms with Gasteiger partial charge < -0.3 is 14.7 Å². The van der Waals surface area contributed by atoms with E-state index in [2.05, 4.69) is 0 Å². The lowest BCUT2D eigenvalue weighted by Crippen LogP contribution is -2.47. The molecular formula is C16H22FNO3. The van der Waals surface area contributed by atoms with Gasteiger partial charge in [0, 0.05) is 25.6 Å². The first-order chi connectivity index (χ1) is 10.1. The molecule has 0 bridgehead atoms. The molecule has 116 valence electrons. The molecule has 4 nitrogen and oxygen atoms in total. The fourth-order valence-corrected chi connectivity index (χ4v) is 2.69. The van der Waals surface area contributed by atoms with E-state index < -0.39 is 6.10 Å². The fraction of sp³-hybridized carbons (Fsp3) is 0.562. The third kappa shape index (κ3) is 4.51. The molecule has 5 heteroatoms. The van der Waals surface area contributed by atoms with E-state index in [4.69, 9.17) is 4.74 Å². The van der Waals surface area contributed by atoms with Gasteiger partial charge in [0.25, 0.3) is 0 Å². The lowest BCUT2D eigenvalue weighted by Gasteiger charge is -2.36. The summed E-state index contributed by atoms with van der Waals surface area (Å²) >= 11 is 0. The van der Waals surface area contributed by atoms with E-state index in [1.54, 1.807) is 11.0 Å². The first-order valence-corrected chi connectivity index (χ1v) is 7.38. The van der Waals surface area contributed by atoms with E-state index >= 15 is 0 Å². The molecule has 1 aromatic carbocycles. The molecule has 1 aliphatic rings. The average molecular weight is 295 g/mol. The number of benzene rings is 1. The lowest BCUT2D eigenvalue weighted by atomic mass is 9.88. The van der Waals surface area contributed by atoms with E-state index in [0.717, 1.165) is 5.56 Å². The number of rotatable bonds is 5. The van der Waals surface area contributed by atoms with Crippen molar-refractivity contribution < 1.29 is 19.0 Å². The van der Waals surface area contributed by atoms with Crippen molar-refractivity contribution in [1.82, 2.24) is 4.90 Å². The topological polar surface area (TPSA) is 49.8 Å². The molecule has 2 rings (SSSR count). The number of hydrogen-bond donors (Lipinski definition) is 1. The van der Waals surface area contributed by atoms with Crippen molar-refractivity contribution in [3.05, 3.63) is 35.6 Å². The van der Waals surface area contributed by atoms with E-state index in [1.807, 2.05) is 13.0 Å². The van der Waals surface area contributed by atoms with E-state index in [9.17, 15) is 14.3 Å². The Kier molecular flexibility index (Phi) is 5.70. The van der Waals surface area contributed by atoms with Gasteiger partial charge in [-0.2, -0.15) is 0 Å². The fourth-order valence-electron chi connectivity index (χ4n) is 2.69. The smallest absolute Gasteiger partial charge is 0.248 e. The molecule has 0 unspecified atom stereocenters. The van der Waals surface area contributed by atoms with E-state index in [1.165, 1.54) is 12.1 Å². The third-order valence-electron chi connectivity index (χ3n) is 3.86. The van der Waals surface area contributed by atoms with Gasteiger partial charge in [-0.15, -0.1) is 0 Å². The zero-order chi connectivity index (χ0) is 15.2. The van der Waals surface area contributed by atoms with Crippen LogP contribution in [0, 0.1) is 11.7 Å². The van der Waals surface area contributed by atoms with Crippen LogP contribution >= 0.6 is 0 Å². The van der Waals surface area contributed by atoms with Gasteiger partial charge in [-0.25, -0.2) is 4.39 Å². The highest BCUT2D eigenvalue weighted by Gasteiger charge is 2.30. The van der Waals surface area contributed by atoms with Crippen LogP contribution in [0.1, 0.15) is 18.9 Å². The first kappa shape index (κ1) is 15.9. The Morgan fingerprint density at radius 3 is 3.05 bits per heavy atom. The summed E-state index contributed by atoms with van der Waals surface area (Å²) in [5.74, 6) is -0.388. The zero-order valence-corrected chi connectivity index (χ0v) is 12.3. The highest BCUT2D eigenvalue weighted by Crippen LogP contribution is 2.22. The van der Waals surface area contributed by atoms with E-state index in [0.29, 0.717) is 32.5 Å². The second-order valence-corrected chi connectivity index (χ2v) is 5.43. The molecule has 0 radical (unpaired) electrons. The van der Waals surface area contributed by atoms with Crippen LogP contribution < -0.4 is 0 Å². The SMILES string of the molecule is CCOCC(=O)N1CC[C@@H](O)[C@H](Cc2cccc(F)c2)C1. The number of nitrogens with zero attached hydrogens (tertiary/aromatic N) is 1. The summed E-state index contributed by atoms with van der Waals surface area (Å²) in [7, 11) is 0. The van der Waals surface area contributed by atoms with Crippen LogP contribution in [-0.2, 0) is 16.0 Å². The number of likely N-dealkylation sites (tertiary alicyclic amines) is 1. The Morgan fingerprint density at radius 2 is 2.33 bits per heavy atom. The Morgan fingerprint density at radius 1 is 1.52 bits per heavy atom. The molecule has 0 spiro atoms. The van der Waals surface area contributed by atoms with Crippen molar-refractivity contribution in [2.45, 2.75) is 25.9 Å². The monoisotopic (exact) mass is 295 g/mol. The molecule has 1 amide bonds. The predicted octanol–water partition coefficient (Wildman–Crippen LogP) is 1.61. The highest BCUT2D eigenvalue weighted by atomic mass is 19.1. The van der Waals surface area contributed by atoms with Gasteiger partial charge >= 0.3 is 0 Å². The summed E-state index contributed by atoms with van der Waals surface area (Å²) in [5, 5.41) is 10.1. The number of hydrogen-bond acceptors (Lipinski definition) is 3. The maximum atomic E-state index is 13.2. The lowest BCUT2D eigenvalue weighted by molar-refractivity contribution is -0.139. The largest absolute Gasteiger partial charge is 0.393 e. The Balaban J connectivity index is 1.96. The highest BCUT2D eigenvalue weighted by molar-refractivity contribution is 5.77. The van der Waals surface area contributed by atoms with Gasteiger partial charge in [-0.05, 0) is 37.5 Å². The molecule has 1 heterocycles. The molecule has 0 saturated carbocycles. The third-order valence-corrected chi connectivity index (χ3v) is 3.86. The number of amides is 1. The average Bonchev–Trinajstić information content (AvgIpc) is 2.47. The van der Waals surface area contributed by atoms with Crippen molar-refractivity contribution in [2.24, 2.45) is 5.92 Å². The molecule has 1 N–H and O–H groups in total. The number of aliphatic hydroxyl groups excluding tert-OH is 1. The Hall–Kier alpha value is -1.46. The minimum absolute atomic E-state index is 0.0482. The maximum absolute atomic E-state index is 13.2. The van der Waals surface area contributed by atoms with Crippen molar-refractivity contribution in [3.63, 3.8) is 0 Å². The zero-order valence-electron chi connectivity index (χ0n) is 12.3. The molecule has 2 atom stereocenters.